The molecule has 4 heteroatoms. The Balaban J connectivity index is 1.90. The van der Waals surface area contributed by atoms with Gasteiger partial charge in [-0.1, -0.05) is 41.9 Å². The van der Waals surface area contributed by atoms with Crippen LogP contribution >= 0.6 is 11.6 Å². The molecule has 1 atom stereocenters. The Kier molecular flexibility index (Phi) is 3.94. The van der Waals surface area contributed by atoms with Crippen LogP contribution in [-0.2, 0) is 6.42 Å². The number of fused-ring (bicyclic) bond motifs is 2. The number of phenolic OH excluding ortho intramolecular Hbond substituents is 1. The van der Waals surface area contributed by atoms with Gasteiger partial charge in [-0.25, -0.2) is 0 Å². The highest BCUT2D eigenvalue weighted by atomic mass is 35.5. The highest BCUT2D eigenvalue weighted by Gasteiger charge is 2.27. The summed E-state index contributed by atoms with van der Waals surface area (Å²) in [5.41, 5.74) is 4.38. The van der Waals surface area contributed by atoms with Crippen LogP contribution < -0.4 is 5.32 Å². The lowest BCUT2D eigenvalue weighted by molar-refractivity contribution is 0.102. The molecule has 2 N–H and O–H groups in total. The lowest BCUT2D eigenvalue weighted by atomic mass is 9.84. The lowest BCUT2D eigenvalue weighted by Gasteiger charge is -2.20. The molecule has 1 heterocycles. The number of aromatic hydroxyl groups is 1. The summed E-state index contributed by atoms with van der Waals surface area (Å²) in [4.78, 5) is 12.6. The second-order valence-corrected chi connectivity index (χ2v) is 6.64. The van der Waals surface area contributed by atoms with Gasteiger partial charge in [-0.3, -0.25) is 4.79 Å². The minimum atomic E-state index is -0.113. The fourth-order valence-corrected chi connectivity index (χ4v) is 3.62. The Morgan fingerprint density at radius 2 is 1.80 bits per heavy atom. The average Bonchev–Trinajstić information content (AvgIpc) is 2.71. The molecule has 0 fully saturated rings. The molecule has 1 aliphatic heterocycles. The van der Waals surface area contributed by atoms with Gasteiger partial charge in [0, 0.05) is 22.2 Å². The van der Waals surface area contributed by atoms with E-state index in [0.717, 1.165) is 22.4 Å². The maximum atomic E-state index is 12.6. The van der Waals surface area contributed by atoms with E-state index < -0.39 is 0 Å². The van der Waals surface area contributed by atoms with Crippen LogP contribution in [0.1, 0.15) is 33.0 Å². The highest BCUT2D eigenvalue weighted by molar-refractivity contribution is 6.30. The Morgan fingerprint density at radius 3 is 2.64 bits per heavy atom. The first kappa shape index (κ1) is 15.7. The number of nitrogens with one attached hydrogen (secondary N) is 1. The molecule has 0 bridgehead atoms. The summed E-state index contributed by atoms with van der Waals surface area (Å²) in [5, 5.41) is 13.4. The van der Waals surface area contributed by atoms with Crippen molar-refractivity contribution in [3.8, 4) is 5.75 Å². The van der Waals surface area contributed by atoms with Crippen molar-refractivity contribution >= 4 is 23.2 Å². The molecule has 3 aromatic carbocycles. The number of carbonyl (C=O) groups excluding carboxylic acids is 1. The van der Waals surface area contributed by atoms with E-state index in [1.807, 2.05) is 48.5 Å². The third-order valence-electron chi connectivity index (χ3n) is 4.57. The molecular weight excluding hydrogens is 334 g/mol. The van der Waals surface area contributed by atoms with Gasteiger partial charge in [0.2, 0.25) is 0 Å². The maximum Gasteiger partial charge on any atom is 0.255 e. The van der Waals surface area contributed by atoms with E-state index >= 15 is 0 Å². The molecule has 25 heavy (non-hydrogen) atoms. The van der Waals surface area contributed by atoms with Gasteiger partial charge in [0.1, 0.15) is 5.75 Å². The highest BCUT2D eigenvalue weighted by Crippen LogP contribution is 2.39. The normalized spacial score (nSPS) is 15.7. The molecule has 1 amide bonds. The van der Waals surface area contributed by atoms with Crippen LogP contribution in [0, 0.1) is 0 Å². The number of phenols is 1. The number of hydrogen-bond acceptors (Lipinski definition) is 2. The fraction of sp³-hybridized carbons (Fsp3) is 0.0952. The van der Waals surface area contributed by atoms with Crippen molar-refractivity contribution in [2.45, 2.75) is 12.3 Å². The largest absolute Gasteiger partial charge is 0.508 e. The molecule has 4 rings (SSSR count). The SMILES string of the molecule is O=C1Nc2ccc(Cl)cc2C(Cc2cccc(O)c2)c2ccccc21. The molecule has 0 saturated carbocycles. The van der Waals surface area contributed by atoms with Crippen molar-refractivity contribution in [2.75, 3.05) is 5.32 Å². The third-order valence-corrected chi connectivity index (χ3v) is 4.80. The summed E-state index contributed by atoms with van der Waals surface area (Å²) in [7, 11) is 0. The van der Waals surface area contributed by atoms with E-state index in [1.54, 1.807) is 18.2 Å². The predicted octanol–water partition coefficient (Wildman–Crippen LogP) is 4.99. The second-order valence-electron chi connectivity index (χ2n) is 6.20. The quantitative estimate of drug-likeness (QED) is 0.685. The smallest absolute Gasteiger partial charge is 0.255 e. The Morgan fingerprint density at radius 1 is 0.960 bits per heavy atom. The van der Waals surface area contributed by atoms with E-state index in [0.29, 0.717) is 17.0 Å². The van der Waals surface area contributed by atoms with Crippen LogP contribution in [0.15, 0.2) is 66.7 Å². The monoisotopic (exact) mass is 349 g/mol. The summed E-state index contributed by atoms with van der Waals surface area (Å²) in [6.07, 6.45) is 0.660. The first-order valence-electron chi connectivity index (χ1n) is 8.09. The third kappa shape index (κ3) is 2.99. The van der Waals surface area contributed by atoms with E-state index in [4.69, 9.17) is 11.6 Å². The Bertz CT molecular complexity index is 968. The summed E-state index contributed by atoms with van der Waals surface area (Å²) < 4.78 is 0. The van der Waals surface area contributed by atoms with Crippen LogP contribution in [0.25, 0.3) is 0 Å². The van der Waals surface area contributed by atoms with E-state index in [-0.39, 0.29) is 17.6 Å². The van der Waals surface area contributed by atoms with Crippen LogP contribution in [0.5, 0.6) is 5.75 Å². The van der Waals surface area contributed by atoms with Crippen molar-refractivity contribution in [1.29, 1.82) is 0 Å². The fourth-order valence-electron chi connectivity index (χ4n) is 3.44. The zero-order chi connectivity index (χ0) is 17.4. The number of carbonyl (C=O) groups is 1. The van der Waals surface area contributed by atoms with Gasteiger partial charge in [0.25, 0.3) is 5.91 Å². The van der Waals surface area contributed by atoms with Crippen molar-refractivity contribution < 1.29 is 9.90 Å². The second kappa shape index (κ2) is 6.26. The minimum Gasteiger partial charge on any atom is -0.508 e. The summed E-state index contributed by atoms with van der Waals surface area (Å²) in [6, 6.07) is 20.4. The van der Waals surface area contributed by atoms with E-state index in [1.165, 1.54) is 0 Å². The molecule has 124 valence electrons. The molecule has 0 aromatic heterocycles. The van der Waals surface area contributed by atoms with Crippen molar-refractivity contribution in [2.24, 2.45) is 0 Å². The van der Waals surface area contributed by atoms with Gasteiger partial charge < -0.3 is 10.4 Å². The molecule has 3 aromatic rings. The molecule has 0 aliphatic carbocycles. The van der Waals surface area contributed by atoms with Gasteiger partial charge in [-0.15, -0.1) is 0 Å². The zero-order valence-corrected chi connectivity index (χ0v) is 14.1. The molecular formula is C21H16ClNO2. The lowest BCUT2D eigenvalue weighted by Crippen LogP contribution is -2.11. The number of rotatable bonds is 2. The van der Waals surface area contributed by atoms with Gasteiger partial charge in [-0.2, -0.15) is 0 Å². The first-order valence-corrected chi connectivity index (χ1v) is 8.47. The summed E-state index contributed by atoms with van der Waals surface area (Å²) in [6.45, 7) is 0. The molecule has 3 nitrogen and oxygen atoms in total. The summed E-state index contributed by atoms with van der Waals surface area (Å²) >= 11 is 6.23. The van der Waals surface area contributed by atoms with Gasteiger partial charge >= 0.3 is 0 Å². The van der Waals surface area contributed by atoms with E-state index in [9.17, 15) is 9.90 Å². The molecule has 1 aliphatic rings. The van der Waals surface area contributed by atoms with Gasteiger partial charge in [0.15, 0.2) is 0 Å². The number of anilines is 1. The predicted molar refractivity (Wildman–Crippen MR) is 99.5 cm³/mol. The van der Waals surface area contributed by atoms with Crippen molar-refractivity contribution in [3.05, 3.63) is 94.0 Å². The van der Waals surface area contributed by atoms with Crippen LogP contribution in [0.2, 0.25) is 5.02 Å². The van der Waals surface area contributed by atoms with Crippen molar-refractivity contribution in [1.82, 2.24) is 0 Å². The average molecular weight is 350 g/mol. The van der Waals surface area contributed by atoms with Gasteiger partial charge in [0.05, 0.1) is 0 Å². The van der Waals surface area contributed by atoms with Crippen LogP contribution in [-0.4, -0.2) is 11.0 Å². The zero-order valence-electron chi connectivity index (χ0n) is 13.4. The number of halogens is 1. The number of amides is 1. The summed E-state index contributed by atoms with van der Waals surface area (Å²) in [5.74, 6) is 0.0863. The molecule has 0 radical (unpaired) electrons. The molecule has 0 saturated heterocycles. The number of hydrogen-bond donors (Lipinski definition) is 2. The van der Waals surface area contributed by atoms with Gasteiger partial charge in [-0.05, 0) is 59.5 Å². The molecule has 0 spiro atoms. The standard InChI is InChI=1S/C21H16ClNO2/c22-14-8-9-20-19(12-14)18(11-13-4-3-5-15(24)10-13)16-6-1-2-7-17(16)21(25)23-20/h1-10,12,18,24H,11H2,(H,23,25). The van der Waals surface area contributed by atoms with Crippen molar-refractivity contribution in [3.63, 3.8) is 0 Å². The van der Waals surface area contributed by atoms with Crippen LogP contribution in [0.4, 0.5) is 5.69 Å². The minimum absolute atomic E-state index is 0.0364. The van der Waals surface area contributed by atoms with E-state index in [2.05, 4.69) is 5.32 Å². The van der Waals surface area contributed by atoms with Crippen LogP contribution in [0.3, 0.4) is 0 Å². The Labute approximate surface area is 150 Å². The number of benzene rings is 3. The molecule has 1 unspecified atom stereocenters. The first-order chi connectivity index (χ1) is 12.1. The maximum absolute atomic E-state index is 12.6. The topological polar surface area (TPSA) is 49.3 Å². The Hall–Kier alpha value is -2.78.